The minimum Gasteiger partial charge on any atom is -0.615 e. The molecule has 4 aromatic carbocycles. The molecular weight excluding hydrogens is 621 g/mol. The minimum absolute atomic E-state index is 0.0635. The first-order valence-electron chi connectivity index (χ1n) is 15.1. The van der Waals surface area contributed by atoms with Crippen molar-refractivity contribution in [1.29, 1.82) is 0 Å². The van der Waals surface area contributed by atoms with Crippen LogP contribution in [-0.4, -0.2) is 61.3 Å². The van der Waals surface area contributed by atoms with Crippen LogP contribution in [0.5, 0.6) is 0 Å². The molecule has 2 saturated heterocycles. The molecule has 236 valence electrons. The van der Waals surface area contributed by atoms with Crippen molar-refractivity contribution in [1.82, 2.24) is 10.2 Å². The van der Waals surface area contributed by atoms with Gasteiger partial charge in [-0.2, -0.15) is 0 Å². The molecule has 10 heteroatoms. The Morgan fingerprint density at radius 3 is 2.07 bits per heavy atom. The lowest BCUT2D eigenvalue weighted by Gasteiger charge is -2.54. The van der Waals surface area contributed by atoms with Crippen molar-refractivity contribution in [2.45, 2.75) is 41.5 Å². The molecule has 6 rings (SSSR count). The summed E-state index contributed by atoms with van der Waals surface area (Å²) in [6, 6.07) is 33.5. The molecule has 8 nitrogen and oxygen atoms in total. The molecule has 0 aliphatic carbocycles. The summed E-state index contributed by atoms with van der Waals surface area (Å²) < 4.78 is 19.9. The fourth-order valence-corrected chi connectivity index (χ4v) is 9.02. The summed E-state index contributed by atoms with van der Waals surface area (Å²) in [5.41, 5.74) is 3.15. The molecule has 2 aliphatic heterocycles. The molecule has 2 heterocycles. The Morgan fingerprint density at radius 1 is 0.891 bits per heavy atom. The first-order chi connectivity index (χ1) is 22.4. The van der Waals surface area contributed by atoms with E-state index < -0.39 is 52.5 Å². The van der Waals surface area contributed by atoms with E-state index in [4.69, 9.17) is 4.74 Å². The number of benzene rings is 4. The van der Waals surface area contributed by atoms with Crippen LogP contribution in [0.25, 0.3) is 0 Å². The molecule has 5 atom stereocenters. The van der Waals surface area contributed by atoms with Crippen molar-refractivity contribution in [2.75, 3.05) is 11.5 Å². The van der Waals surface area contributed by atoms with Crippen molar-refractivity contribution >= 4 is 40.7 Å². The number of amides is 2. The first-order valence-corrected chi connectivity index (χ1v) is 17.5. The van der Waals surface area contributed by atoms with Crippen molar-refractivity contribution in [2.24, 2.45) is 5.92 Å². The molecule has 4 aromatic rings. The average molecular weight is 655 g/mol. The largest absolute Gasteiger partial charge is 0.615 e. The van der Waals surface area contributed by atoms with Gasteiger partial charge < -0.3 is 19.7 Å². The van der Waals surface area contributed by atoms with Crippen molar-refractivity contribution in [3.8, 4) is 0 Å². The van der Waals surface area contributed by atoms with Crippen LogP contribution in [0.3, 0.4) is 0 Å². The molecule has 46 heavy (non-hydrogen) atoms. The number of esters is 1. The Hall–Kier alpha value is -4.09. The van der Waals surface area contributed by atoms with E-state index in [0.717, 1.165) is 27.1 Å². The standard InChI is InChI=1S/C36H34N2O6S2/c39-21-25-16-18-29(19-17-25)45-22-28-23-46(43)35-31(37-30(40)20-24-10-4-1-5-11-24)34(41)38(35)32(28)36(42)44-33(26-12-6-2-7-13-26)27-14-8-3-9-15-27/h1-19,28,31-33,35,39H,20-23H2,(H,37,40). The molecule has 0 radical (unpaired) electrons. The zero-order chi connectivity index (χ0) is 32.0. The Morgan fingerprint density at radius 2 is 1.48 bits per heavy atom. The van der Waals surface area contributed by atoms with Gasteiger partial charge in [-0.15, -0.1) is 11.8 Å². The van der Waals surface area contributed by atoms with E-state index in [0.29, 0.717) is 5.75 Å². The molecule has 0 aromatic heterocycles. The monoisotopic (exact) mass is 654 g/mol. The van der Waals surface area contributed by atoms with Gasteiger partial charge in [-0.3, -0.25) is 14.5 Å². The number of carbonyl (C=O) groups excluding carboxylic acids is 3. The van der Waals surface area contributed by atoms with Gasteiger partial charge in [-0.1, -0.05) is 103 Å². The summed E-state index contributed by atoms with van der Waals surface area (Å²) in [5, 5.41) is 11.4. The van der Waals surface area contributed by atoms with Gasteiger partial charge in [-0.25, -0.2) is 4.79 Å². The quantitative estimate of drug-likeness (QED) is 0.108. The highest BCUT2D eigenvalue weighted by Crippen LogP contribution is 2.40. The second kappa shape index (κ2) is 14.6. The number of thioether (sulfide) groups is 1. The van der Waals surface area contributed by atoms with Gasteiger partial charge in [0.05, 0.1) is 13.0 Å². The van der Waals surface area contributed by atoms with Crippen LogP contribution >= 0.6 is 11.8 Å². The number of hydrogen-bond donors (Lipinski definition) is 2. The van der Waals surface area contributed by atoms with Crippen molar-refractivity contribution < 1.29 is 28.8 Å². The van der Waals surface area contributed by atoms with Gasteiger partial charge in [0.1, 0.15) is 11.8 Å². The summed E-state index contributed by atoms with van der Waals surface area (Å²) in [4.78, 5) is 43.1. The maximum Gasteiger partial charge on any atom is 0.330 e. The molecular formula is C36H34N2O6S2. The van der Waals surface area contributed by atoms with Crippen LogP contribution in [0.1, 0.15) is 28.4 Å². The number of aliphatic hydroxyl groups excluding tert-OH is 1. The number of hydrogen-bond acceptors (Lipinski definition) is 7. The summed E-state index contributed by atoms with van der Waals surface area (Å²) in [6.45, 7) is -0.0635. The van der Waals surface area contributed by atoms with Gasteiger partial charge in [0.2, 0.25) is 11.3 Å². The summed E-state index contributed by atoms with van der Waals surface area (Å²) >= 11 is -0.0299. The lowest BCUT2D eigenvalue weighted by Crippen LogP contribution is -2.80. The zero-order valence-electron chi connectivity index (χ0n) is 24.9. The Labute approximate surface area is 275 Å². The third-order valence-corrected chi connectivity index (χ3v) is 11.2. The highest BCUT2D eigenvalue weighted by molar-refractivity contribution is 7.99. The first kappa shape index (κ1) is 31.9. The number of ether oxygens (including phenoxy) is 1. The predicted molar refractivity (Wildman–Crippen MR) is 177 cm³/mol. The van der Waals surface area contributed by atoms with Crippen LogP contribution < -0.4 is 5.32 Å². The number of fused-ring (bicyclic) bond motifs is 1. The maximum atomic E-state index is 14.2. The lowest BCUT2D eigenvalue weighted by molar-refractivity contribution is -0.170. The molecule has 0 spiro atoms. The van der Waals surface area contributed by atoms with Gasteiger partial charge >= 0.3 is 5.97 Å². The summed E-state index contributed by atoms with van der Waals surface area (Å²) in [6.07, 6.45) is -0.627. The molecule has 0 bridgehead atoms. The smallest absolute Gasteiger partial charge is 0.330 e. The van der Waals surface area contributed by atoms with Crippen LogP contribution in [0.15, 0.2) is 120 Å². The maximum absolute atomic E-state index is 14.2. The SMILES string of the molecule is O=C(Cc1ccccc1)NC1C(=O)N2C(C(=O)OC(c3ccccc3)c3ccccc3)C(CSc3ccc(CO)cc3)C[S+]([O-])C12. The molecule has 2 amide bonds. The van der Waals surface area contributed by atoms with Crippen LogP contribution in [0, 0.1) is 5.92 Å². The van der Waals surface area contributed by atoms with Crippen molar-refractivity contribution in [3.05, 3.63) is 138 Å². The van der Waals surface area contributed by atoms with Crippen LogP contribution in [0.2, 0.25) is 0 Å². The fourth-order valence-electron chi connectivity index (χ4n) is 5.94. The van der Waals surface area contributed by atoms with Gasteiger partial charge in [0.25, 0.3) is 5.91 Å². The molecule has 2 N–H and O–H groups in total. The molecule has 2 fully saturated rings. The number of β-lactam (4-membered cyclic amide) rings is 1. The lowest BCUT2D eigenvalue weighted by atomic mass is 9.94. The number of carbonyl (C=O) groups is 3. The van der Waals surface area contributed by atoms with E-state index in [1.807, 2.05) is 115 Å². The van der Waals surface area contributed by atoms with Crippen LogP contribution in [0.4, 0.5) is 0 Å². The Kier molecular flexibility index (Phi) is 10.1. The molecule has 5 unspecified atom stereocenters. The highest BCUT2D eigenvalue weighted by atomic mass is 32.2. The number of rotatable bonds is 11. The van der Waals surface area contributed by atoms with Gasteiger partial charge in [0, 0.05) is 16.6 Å². The fraction of sp³-hybridized carbons (Fsp3) is 0.250. The molecule has 2 aliphatic rings. The van der Waals surface area contributed by atoms with Gasteiger partial charge in [0.15, 0.2) is 12.1 Å². The normalized spacial score (nSPS) is 22.1. The third-order valence-electron chi connectivity index (χ3n) is 8.25. The topological polar surface area (TPSA) is 119 Å². The zero-order valence-corrected chi connectivity index (χ0v) is 26.6. The van der Waals surface area contributed by atoms with E-state index in [-0.39, 0.29) is 24.7 Å². The van der Waals surface area contributed by atoms with E-state index in [9.17, 15) is 24.0 Å². The minimum atomic E-state index is -1.52. The van der Waals surface area contributed by atoms with Crippen molar-refractivity contribution in [3.63, 3.8) is 0 Å². The van der Waals surface area contributed by atoms with E-state index in [1.54, 1.807) is 0 Å². The Balaban J connectivity index is 1.25. The number of aliphatic hydroxyl groups is 1. The van der Waals surface area contributed by atoms with E-state index >= 15 is 0 Å². The second-order valence-electron chi connectivity index (χ2n) is 11.3. The Bertz CT molecular complexity index is 1600. The van der Waals surface area contributed by atoms with Crippen LogP contribution in [-0.2, 0) is 43.3 Å². The summed E-state index contributed by atoms with van der Waals surface area (Å²) in [5.74, 6) is -1.26. The highest BCUT2D eigenvalue weighted by Gasteiger charge is 2.64. The molecule has 0 saturated carbocycles. The van der Waals surface area contributed by atoms with E-state index in [2.05, 4.69) is 5.32 Å². The predicted octanol–water partition coefficient (Wildman–Crippen LogP) is 4.25. The number of nitrogens with one attached hydrogen (secondary N) is 1. The average Bonchev–Trinajstić information content (AvgIpc) is 3.09. The third kappa shape index (κ3) is 7.00. The number of nitrogens with zero attached hydrogens (tertiary/aromatic N) is 1. The van der Waals surface area contributed by atoms with E-state index in [1.165, 1.54) is 16.7 Å². The van der Waals surface area contributed by atoms with Gasteiger partial charge in [-0.05, 0) is 45.6 Å². The summed E-state index contributed by atoms with van der Waals surface area (Å²) in [7, 11) is 0. The second-order valence-corrected chi connectivity index (χ2v) is 14.0.